The summed E-state index contributed by atoms with van der Waals surface area (Å²) in [6.45, 7) is 5.85. The third kappa shape index (κ3) is 4.06. The van der Waals surface area contributed by atoms with Crippen molar-refractivity contribution in [2.75, 3.05) is 11.9 Å². The summed E-state index contributed by atoms with van der Waals surface area (Å²) in [6, 6.07) is 10.3. The molecule has 0 aliphatic rings. The molecular formula is C15H20N4S. The van der Waals surface area contributed by atoms with E-state index in [1.165, 1.54) is 11.1 Å². The molecule has 0 unspecified atom stereocenters. The van der Waals surface area contributed by atoms with Crippen LogP contribution in [0.25, 0.3) is 0 Å². The second-order valence-electron chi connectivity index (χ2n) is 4.71. The number of thiocarbonyl (C=S) groups is 1. The summed E-state index contributed by atoms with van der Waals surface area (Å²) < 4.78 is 1.91. The number of benzene rings is 1. The molecule has 1 heterocycles. The van der Waals surface area contributed by atoms with Crippen molar-refractivity contribution in [3.8, 4) is 0 Å². The highest BCUT2D eigenvalue weighted by Gasteiger charge is 2.03. The summed E-state index contributed by atoms with van der Waals surface area (Å²) in [7, 11) is 0. The summed E-state index contributed by atoms with van der Waals surface area (Å²) in [6.07, 6.45) is 3.00. The van der Waals surface area contributed by atoms with Gasteiger partial charge in [0.05, 0.1) is 6.54 Å². The van der Waals surface area contributed by atoms with E-state index in [9.17, 15) is 0 Å². The zero-order chi connectivity index (χ0) is 14.4. The number of nitrogens with zero attached hydrogens (tertiary/aromatic N) is 2. The van der Waals surface area contributed by atoms with Gasteiger partial charge in [0, 0.05) is 18.8 Å². The minimum Gasteiger partial charge on any atom is -0.362 e. The van der Waals surface area contributed by atoms with E-state index in [1.807, 2.05) is 23.0 Å². The molecule has 0 fully saturated rings. The van der Waals surface area contributed by atoms with Gasteiger partial charge in [-0.25, -0.2) is 0 Å². The van der Waals surface area contributed by atoms with Crippen LogP contribution in [0.2, 0.25) is 0 Å². The van der Waals surface area contributed by atoms with Gasteiger partial charge < -0.3 is 10.6 Å². The first-order chi connectivity index (χ1) is 9.69. The topological polar surface area (TPSA) is 41.9 Å². The average Bonchev–Trinajstić information content (AvgIpc) is 2.86. The summed E-state index contributed by atoms with van der Waals surface area (Å²) in [5, 5.41) is 11.3. The lowest BCUT2D eigenvalue weighted by atomic mass is 10.1. The maximum Gasteiger partial charge on any atom is 0.171 e. The van der Waals surface area contributed by atoms with Gasteiger partial charge >= 0.3 is 0 Å². The molecule has 2 aromatic rings. The molecule has 0 radical (unpaired) electrons. The van der Waals surface area contributed by atoms with E-state index in [-0.39, 0.29) is 0 Å². The first-order valence-corrected chi connectivity index (χ1v) is 7.22. The van der Waals surface area contributed by atoms with Crippen LogP contribution in [0.3, 0.4) is 0 Å². The van der Waals surface area contributed by atoms with Crippen molar-refractivity contribution in [3.63, 3.8) is 0 Å². The number of rotatable bonds is 5. The fraction of sp³-hybridized carbons (Fsp3) is 0.333. The number of hydrogen-bond acceptors (Lipinski definition) is 2. The number of hydrogen-bond donors (Lipinski definition) is 2. The quantitative estimate of drug-likeness (QED) is 0.830. The fourth-order valence-corrected chi connectivity index (χ4v) is 2.08. The van der Waals surface area contributed by atoms with Gasteiger partial charge in [-0.3, -0.25) is 4.68 Å². The van der Waals surface area contributed by atoms with Crippen LogP contribution in [0, 0.1) is 6.92 Å². The smallest absolute Gasteiger partial charge is 0.171 e. The van der Waals surface area contributed by atoms with Gasteiger partial charge in [-0.15, -0.1) is 0 Å². The summed E-state index contributed by atoms with van der Waals surface area (Å²) >= 11 is 5.19. The molecule has 0 saturated heterocycles. The van der Waals surface area contributed by atoms with Crippen LogP contribution in [-0.2, 0) is 6.54 Å². The first kappa shape index (κ1) is 14.5. The Morgan fingerprint density at radius 1 is 1.30 bits per heavy atom. The zero-order valence-corrected chi connectivity index (χ0v) is 12.7. The lowest BCUT2D eigenvalue weighted by molar-refractivity contribution is 0.687. The van der Waals surface area contributed by atoms with E-state index in [0.717, 1.165) is 25.3 Å². The molecule has 2 rings (SSSR count). The van der Waals surface area contributed by atoms with Gasteiger partial charge in [0.15, 0.2) is 10.9 Å². The highest BCUT2D eigenvalue weighted by molar-refractivity contribution is 7.80. The van der Waals surface area contributed by atoms with E-state index >= 15 is 0 Å². The molecule has 1 aromatic carbocycles. The van der Waals surface area contributed by atoms with Gasteiger partial charge in [-0.2, -0.15) is 5.10 Å². The minimum absolute atomic E-state index is 0.619. The number of aromatic nitrogens is 2. The molecular weight excluding hydrogens is 268 g/mol. The number of nitrogens with one attached hydrogen (secondary N) is 2. The first-order valence-electron chi connectivity index (χ1n) is 6.82. The molecule has 1 aromatic heterocycles. The maximum absolute atomic E-state index is 5.19. The second-order valence-corrected chi connectivity index (χ2v) is 5.11. The zero-order valence-electron chi connectivity index (χ0n) is 11.9. The molecule has 2 N–H and O–H groups in total. The van der Waals surface area contributed by atoms with E-state index in [0.29, 0.717) is 5.11 Å². The molecule has 20 heavy (non-hydrogen) atoms. The molecule has 0 aliphatic carbocycles. The highest BCUT2D eigenvalue weighted by Crippen LogP contribution is 2.10. The Balaban J connectivity index is 1.96. The van der Waals surface area contributed by atoms with Crippen LogP contribution < -0.4 is 10.6 Å². The molecule has 0 saturated carbocycles. The van der Waals surface area contributed by atoms with Crippen LogP contribution in [-0.4, -0.2) is 21.4 Å². The lowest BCUT2D eigenvalue weighted by Crippen LogP contribution is -2.29. The highest BCUT2D eigenvalue weighted by atomic mass is 32.1. The Kier molecular flexibility index (Phi) is 5.12. The number of aryl methyl sites for hydroxylation is 1. The Bertz CT molecular complexity index is 577. The van der Waals surface area contributed by atoms with E-state index in [4.69, 9.17) is 12.2 Å². The van der Waals surface area contributed by atoms with Crippen LogP contribution in [0.15, 0.2) is 36.5 Å². The van der Waals surface area contributed by atoms with Crippen molar-refractivity contribution in [2.45, 2.75) is 26.8 Å². The fourth-order valence-electron chi connectivity index (χ4n) is 1.88. The second kappa shape index (κ2) is 7.05. The standard InChI is InChI=1S/C15H20N4S/c1-3-9-16-15(20)17-14-8-10-19(18-14)11-13-7-5-4-6-12(13)2/h4-8,10H,3,9,11H2,1-2H3,(H2,16,17,18,20). The van der Waals surface area contributed by atoms with Crippen molar-refractivity contribution in [3.05, 3.63) is 47.7 Å². The third-order valence-corrected chi connectivity index (χ3v) is 3.26. The van der Waals surface area contributed by atoms with Gasteiger partial charge in [-0.1, -0.05) is 31.2 Å². The summed E-state index contributed by atoms with van der Waals surface area (Å²) in [4.78, 5) is 0. The third-order valence-electron chi connectivity index (χ3n) is 3.01. The van der Waals surface area contributed by atoms with Gasteiger partial charge in [0.25, 0.3) is 0 Å². The predicted octanol–water partition coefficient (Wildman–Crippen LogP) is 2.94. The van der Waals surface area contributed by atoms with Gasteiger partial charge in [-0.05, 0) is 36.7 Å². The van der Waals surface area contributed by atoms with Crippen LogP contribution in [0.1, 0.15) is 24.5 Å². The Labute approximate surface area is 125 Å². The largest absolute Gasteiger partial charge is 0.362 e. The Morgan fingerprint density at radius 2 is 2.10 bits per heavy atom. The Hall–Kier alpha value is -1.88. The Morgan fingerprint density at radius 3 is 2.85 bits per heavy atom. The van der Waals surface area contributed by atoms with E-state index in [1.54, 1.807) is 0 Å². The van der Waals surface area contributed by atoms with Crippen LogP contribution in [0.5, 0.6) is 0 Å². The molecule has 0 aliphatic heterocycles. The molecule has 0 spiro atoms. The minimum atomic E-state index is 0.619. The normalized spacial score (nSPS) is 10.3. The average molecular weight is 288 g/mol. The van der Waals surface area contributed by atoms with Crippen molar-refractivity contribution < 1.29 is 0 Å². The van der Waals surface area contributed by atoms with Crippen molar-refractivity contribution in [1.29, 1.82) is 0 Å². The monoisotopic (exact) mass is 288 g/mol. The van der Waals surface area contributed by atoms with Crippen LogP contribution >= 0.6 is 12.2 Å². The van der Waals surface area contributed by atoms with E-state index in [2.05, 4.69) is 47.8 Å². The number of anilines is 1. The molecule has 0 bridgehead atoms. The van der Waals surface area contributed by atoms with Gasteiger partial charge in [0.2, 0.25) is 0 Å². The summed E-state index contributed by atoms with van der Waals surface area (Å²) in [5.41, 5.74) is 2.55. The lowest BCUT2D eigenvalue weighted by Gasteiger charge is -2.07. The molecule has 0 atom stereocenters. The van der Waals surface area contributed by atoms with E-state index < -0.39 is 0 Å². The molecule has 106 valence electrons. The van der Waals surface area contributed by atoms with Crippen molar-refractivity contribution in [1.82, 2.24) is 15.1 Å². The SMILES string of the molecule is CCCNC(=S)Nc1ccn(Cc2ccccc2C)n1. The van der Waals surface area contributed by atoms with Crippen LogP contribution in [0.4, 0.5) is 5.82 Å². The predicted molar refractivity (Wildman–Crippen MR) is 87.0 cm³/mol. The molecule has 5 heteroatoms. The van der Waals surface area contributed by atoms with Gasteiger partial charge in [0.1, 0.15) is 0 Å². The summed E-state index contributed by atoms with van der Waals surface area (Å²) in [5.74, 6) is 0.771. The molecule has 4 nitrogen and oxygen atoms in total. The van der Waals surface area contributed by atoms with Crippen molar-refractivity contribution in [2.24, 2.45) is 0 Å². The molecule has 0 amide bonds. The van der Waals surface area contributed by atoms with Crippen molar-refractivity contribution >= 4 is 23.1 Å². The maximum atomic E-state index is 5.19.